The summed E-state index contributed by atoms with van der Waals surface area (Å²) >= 11 is 0. The molecule has 0 saturated heterocycles. The third kappa shape index (κ3) is 7.89. The van der Waals surface area contributed by atoms with Crippen LogP contribution in [0.2, 0.25) is 0 Å². The second-order valence-corrected chi connectivity index (χ2v) is 8.47. The molecule has 0 bridgehead atoms. The molecule has 0 spiro atoms. The van der Waals surface area contributed by atoms with Crippen LogP contribution in [0.1, 0.15) is 38.8 Å². The summed E-state index contributed by atoms with van der Waals surface area (Å²) in [5, 5.41) is 5.64. The lowest BCUT2D eigenvalue weighted by molar-refractivity contribution is -0.147. The molecule has 31 heavy (non-hydrogen) atoms. The molecule has 0 aromatic heterocycles. The van der Waals surface area contributed by atoms with Crippen LogP contribution in [0.5, 0.6) is 0 Å². The monoisotopic (exact) mass is 424 g/mol. The average molecular weight is 425 g/mol. The maximum absolute atomic E-state index is 13.2. The Balaban J connectivity index is 2.22. The number of benzene rings is 2. The Hall–Kier alpha value is -3.15. The van der Waals surface area contributed by atoms with E-state index >= 15 is 0 Å². The van der Waals surface area contributed by atoms with Gasteiger partial charge in [0.1, 0.15) is 12.1 Å². The third-order valence-corrected chi connectivity index (χ3v) is 4.76. The highest BCUT2D eigenvalue weighted by atomic mass is 16.5. The lowest BCUT2D eigenvalue weighted by Crippen LogP contribution is -2.55. The summed E-state index contributed by atoms with van der Waals surface area (Å²) in [4.78, 5) is 38.3. The molecule has 2 N–H and O–H groups in total. The van der Waals surface area contributed by atoms with Gasteiger partial charge < -0.3 is 15.4 Å². The van der Waals surface area contributed by atoms with Gasteiger partial charge >= 0.3 is 5.97 Å². The SMILES string of the molecule is CCOC(=O)[C@H](Cc1ccccc1)NC(=O)[C@H](Cc1ccccc1)NC(=O)C(C)(C)C. The van der Waals surface area contributed by atoms with Gasteiger partial charge in [0, 0.05) is 18.3 Å². The molecule has 6 nitrogen and oxygen atoms in total. The lowest BCUT2D eigenvalue weighted by Gasteiger charge is -2.26. The van der Waals surface area contributed by atoms with E-state index < -0.39 is 29.4 Å². The van der Waals surface area contributed by atoms with Gasteiger partial charge in [-0.05, 0) is 18.1 Å². The molecule has 0 heterocycles. The Morgan fingerprint density at radius 2 is 1.29 bits per heavy atom. The van der Waals surface area contributed by atoms with Crippen molar-refractivity contribution >= 4 is 17.8 Å². The molecule has 2 atom stereocenters. The zero-order valence-electron chi connectivity index (χ0n) is 18.7. The van der Waals surface area contributed by atoms with Crippen LogP contribution in [-0.2, 0) is 32.0 Å². The van der Waals surface area contributed by atoms with Gasteiger partial charge in [-0.15, -0.1) is 0 Å². The van der Waals surface area contributed by atoms with Crippen molar-refractivity contribution in [1.82, 2.24) is 10.6 Å². The Morgan fingerprint density at radius 3 is 1.74 bits per heavy atom. The second-order valence-electron chi connectivity index (χ2n) is 8.47. The summed E-state index contributed by atoms with van der Waals surface area (Å²) in [5.41, 5.74) is 1.16. The number of esters is 1. The molecule has 0 aliphatic carbocycles. The van der Waals surface area contributed by atoms with Crippen LogP contribution in [0.3, 0.4) is 0 Å². The summed E-state index contributed by atoms with van der Waals surface area (Å²) < 4.78 is 5.17. The van der Waals surface area contributed by atoms with Crippen LogP contribution in [0.4, 0.5) is 0 Å². The smallest absolute Gasteiger partial charge is 0.328 e. The van der Waals surface area contributed by atoms with Gasteiger partial charge in [0.05, 0.1) is 6.61 Å². The van der Waals surface area contributed by atoms with E-state index in [1.807, 2.05) is 60.7 Å². The minimum Gasteiger partial charge on any atom is -0.464 e. The average Bonchev–Trinajstić information content (AvgIpc) is 2.73. The summed E-state index contributed by atoms with van der Waals surface area (Å²) in [5.74, 6) is -1.16. The van der Waals surface area contributed by atoms with E-state index in [1.165, 1.54) is 0 Å². The highest BCUT2D eigenvalue weighted by Crippen LogP contribution is 2.14. The van der Waals surface area contributed by atoms with Crippen molar-refractivity contribution in [3.05, 3.63) is 71.8 Å². The molecule has 2 rings (SSSR count). The predicted molar refractivity (Wildman–Crippen MR) is 120 cm³/mol. The Bertz CT molecular complexity index is 860. The summed E-state index contributed by atoms with van der Waals surface area (Å²) in [7, 11) is 0. The van der Waals surface area contributed by atoms with Crippen molar-refractivity contribution in [3.8, 4) is 0 Å². The summed E-state index contributed by atoms with van der Waals surface area (Å²) in [6, 6.07) is 17.2. The first kappa shape index (κ1) is 24.1. The quantitative estimate of drug-likeness (QED) is 0.606. The molecule has 0 saturated carbocycles. The van der Waals surface area contributed by atoms with Crippen molar-refractivity contribution in [1.29, 1.82) is 0 Å². The topological polar surface area (TPSA) is 84.5 Å². The van der Waals surface area contributed by atoms with Crippen molar-refractivity contribution in [2.24, 2.45) is 5.41 Å². The second kappa shape index (κ2) is 11.3. The van der Waals surface area contributed by atoms with Crippen LogP contribution in [0.15, 0.2) is 60.7 Å². The molecule has 0 unspecified atom stereocenters. The molecule has 0 aliphatic heterocycles. The molecule has 2 aromatic carbocycles. The fraction of sp³-hybridized carbons (Fsp3) is 0.400. The Labute approximate surface area is 184 Å². The van der Waals surface area contributed by atoms with Gasteiger partial charge in [-0.2, -0.15) is 0 Å². The van der Waals surface area contributed by atoms with Gasteiger partial charge in [-0.3, -0.25) is 9.59 Å². The largest absolute Gasteiger partial charge is 0.464 e. The maximum Gasteiger partial charge on any atom is 0.328 e. The molecule has 6 heteroatoms. The van der Waals surface area contributed by atoms with Crippen molar-refractivity contribution in [2.75, 3.05) is 6.61 Å². The van der Waals surface area contributed by atoms with Crippen LogP contribution in [-0.4, -0.2) is 36.5 Å². The van der Waals surface area contributed by atoms with E-state index in [0.717, 1.165) is 11.1 Å². The lowest BCUT2D eigenvalue weighted by atomic mass is 9.94. The predicted octanol–water partition coefficient (Wildman–Crippen LogP) is 3.05. The molecule has 0 radical (unpaired) electrons. The zero-order valence-corrected chi connectivity index (χ0v) is 18.7. The van der Waals surface area contributed by atoms with E-state index in [4.69, 9.17) is 4.74 Å². The molecule has 0 aliphatic rings. The third-order valence-electron chi connectivity index (χ3n) is 4.76. The number of hydrogen-bond donors (Lipinski definition) is 2. The number of nitrogens with one attached hydrogen (secondary N) is 2. The van der Waals surface area contributed by atoms with Crippen LogP contribution in [0, 0.1) is 5.41 Å². The van der Waals surface area contributed by atoms with E-state index in [0.29, 0.717) is 12.8 Å². The van der Waals surface area contributed by atoms with E-state index in [-0.39, 0.29) is 12.5 Å². The first-order valence-electron chi connectivity index (χ1n) is 10.6. The number of carbonyl (C=O) groups is 3. The molecule has 0 fully saturated rings. The first-order chi connectivity index (χ1) is 14.7. The minimum atomic E-state index is -0.848. The highest BCUT2D eigenvalue weighted by molar-refractivity contribution is 5.92. The number of carbonyl (C=O) groups excluding carboxylic acids is 3. The highest BCUT2D eigenvalue weighted by Gasteiger charge is 2.31. The number of rotatable bonds is 9. The normalized spacial score (nSPS) is 13.0. The standard InChI is InChI=1S/C25H32N2O4/c1-5-31-23(29)21(17-19-14-10-7-11-15-19)26-22(28)20(27-24(30)25(2,3)4)16-18-12-8-6-9-13-18/h6-15,20-21H,5,16-17H2,1-4H3,(H,26,28)(H,27,30)/t20-,21-/m0/s1. The fourth-order valence-electron chi connectivity index (χ4n) is 2.99. The first-order valence-corrected chi connectivity index (χ1v) is 10.6. The maximum atomic E-state index is 13.2. The molecular weight excluding hydrogens is 392 g/mol. The van der Waals surface area contributed by atoms with Crippen LogP contribution >= 0.6 is 0 Å². The van der Waals surface area contributed by atoms with E-state index in [2.05, 4.69) is 10.6 Å². The molecule has 2 aromatic rings. The molecular formula is C25H32N2O4. The zero-order chi connectivity index (χ0) is 22.9. The number of ether oxygens (including phenoxy) is 1. The molecule has 2 amide bonds. The van der Waals surface area contributed by atoms with Crippen LogP contribution in [0.25, 0.3) is 0 Å². The van der Waals surface area contributed by atoms with Crippen molar-refractivity contribution in [2.45, 2.75) is 52.6 Å². The Morgan fingerprint density at radius 1 is 0.806 bits per heavy atom. The number of hydrogen-bond acceptors (Lipinski definition) is 4. The Kier molecular flexibility index (Phi) is 8.79. The van der Waals surface area contributed by atoms with Crippen molar-refractivity contribution in [3.63, 3.8) is 0 Å². The van der Waals surface area contributed by atoms with Gasteiger partial charge in [-0.1, -0.05) is 81.4 Å². The van der Waals surface area contributed by atoms with Gasteiger partial charge in [0.2, 0.25) is 11.8 Å². The van der Waals surface area contributed by atoms with Crippen LogP contribution < -0.4 is 10.6 Å². The summed E-state index contributed by atoms with van der Waals surface area (Å²) in [6.45, 7) is 7.30. The van der Waals surface area contributed by atoms with Gasteiger partial charge in [0.25, 0.3) is 0 Å². The van der Waals surface area contributed by atoms with Crippen molar-refractivity contribution < 1.29 is 19.1 Å². The summed E-state index contributed by atoms with van der Waals surface area (Å²) in [6.07, 6.45) is 0.617. The van der Waals surface area contributed by atoms with E-state index in [9.17, 15) is 14.4 Å². The number of amides is 2. The molecule has 166 valence electrons. The van der Waals surface area contributed by atoms with Gasteiger partial charge in [0.15, 0.2) is 0 Å². The van der Waals surface area contributed by atoms with Gasteiger partial charge in [-0.25, -0.2) is 4.79 Å². The fourth-order valence-corrected chi connectivity index (χ4v) is 2.99. The minimum absolute atomic E-state index is 0.216. The van der Waals surface area contributed by atoms with E-state index in [1.54, 1.807) is 27.7 Å².